The summed E-state index contributed by atoms with van der Waals surface area (Å²) in [6.07, 6.45) is 2.16. The predicted octanol–water partition coefficient (Wildman–Crippen LogP) is 3.40. The number of amides is 3. The SMILES string of the molecule is CCCCN1C(=O)c2ccccc2N2C(=O)CC[C@@]12C(=O)Nc1ccccc1. The zero-order valence-corrected chi connectivity index (χ0v) is 15.9. The van der Waals surface area contributed by atoms with Gasteiger partial charge < -0.3 is 10.2 Å². The van der Waals surface area contributed by atoms with Crippen molar-refractivity contribution in [2.24, 2.45) is 0 Å². The van der Waals surface area contributed by atoms with Gasteiger partial charge in [-0.3, -0.25) is 19.3 Å². The molecule has 1 atom stereocenters. The van der Waals surface area contributed by atoms with Crippen molar-refractivity contribution < 1.29 is 14.4 Å². The van der Waals surface area contributed by atoms with E-state index in [9.17, 15) is 14.4 Å². The number of fused-ring (bicyclic) bond motifs is 3. The lowest BCUT2D eigenvalue weighted by atomic mass is 9.95. The molecule has 0 radical (unpaired) electrons. The monoisotopic (exact) mass is 377 g/mol. The van der Waals surface area contributed by atoms with Gasteiger partial charge >= 0.3 is 0 Å². The second kappa shape index (κ2) is 7.11. The normalized spacial score (nSPS) is 20.8. The number of unbranched alkanes of at least 4 members (excludes halogenated alkanes) is 1. The van der Waals surface area contributed by atoms with E-state index in [1.165, 1.54) is 4.90 Å². The molecule has 4 rings (SSSR count). The third-order valence-corrected chi connectivity index (χ3v) is 5.50. The molecule has 144 valence electrons. The first-order valence-electron chi connectivity index (χ1n) is 9.70. The second-order valence-corrected chi connectivity index (χ2v) is 7.19. The van der Waals surface area contributed by atoms with Crippen molar-refractivity contribution in [2.75, 3.05) is 16.8 Å². The van der Waals surface area contributed by atoms with Crippen molar-refractivity contribution in [3.05, 3.63) is 60.2 Å². The number of benzene rings is 2. The number of carbonyl (C=O) groups is 3. The molecule has 2 heterocycles. The number of anilines is 2. The summed E-state index contributed by atoms with van der Waals surface area (Å²) in [5.41, 5.74) is 0.305. The molecule has 2 aromatic rings. The van der Waals surface area contributed by atoms with Gasteiger partial charge in [-0.15, -0.1) is 0 Å². The highest BCUT2D eigenvalue weighted by Crippen LogP contribution is 2.45. The van der Waals surface area contributed by atoms with Crippen molar-refractivity contribution in [3.63, 3.8) is 0 Å². The number of para-hydroxylation sites is 2. The van der Waals surface area contributed by atoms with Gasteiger partial charge in [0.05, 0.1) is 11.3 Å². The minimum Gasteiger partial charge on any atom is -0.322 e. The largest absolute Gasteiger partial charge is 0.322 e. The highest BCUT2D eigenvalue weighted by Gasteiger charge is 2.60. The minimum atomic E-state index is -1.33. The fourth-order valence-corrected chi connectivity index (χ4v) is 4.16. The maximum absolute atomic E-state index is 13.5. The zero-order valence-electron chi connectivity index (χ0n) is 15.9. The van der Waals surface area contributed by atoms with E-state index in [0.29, 0.717) is 23.5 Å². The Balaban J connectivity index is 1.83. The Bertz CT molecular complexity index is 928. The van der Waals surface area contributed by atoms with Crippen LogP contribution in [0.1, 0.15) is 43.0 Å². The minimum absolute atomic E-state index is 0.135. The van der Waals surface area contributed by atoms with Gasteiger partial charge in [0.25, 0.3) is 11.8 Å². The Labute approximate surface area is 164 Å². The van der Waals surface area contributed by atoms with Gasteiger partial charge in [0.1, 0.15) is 0 Å². The molecular formula is C22H23N3O3. The first kappa shape index (κ1) is 18.2. The molecule has 0 spiro atoms. The van der Waals surface area contributed by atoms with Gasteiger partial charge in [-0.1, -0.05) is 43.7 Å². The maximum atomic E-state index is 13.5. The number of nitrogens with one attached hydrogen (secondary N) is 1. The van der Waals surface area contributed by atoms with E-state index >= 15 is 0 Å². The fraction of sp³-hybridized carbons (Fsp3) is 0.318. The highest BCUT2D eigenvalue weighted by atomic mass is 16.2. The van der Waals surface area contributed by atoms with Gasteiger partial charge in [0, 0.05) is 25.1 Å². The summed E-state index contributed by atoms with van der Waals surface area (Å²) in [6.45, 7) is 2.46. The number of hydrogen-bond acceptors (Lipinski definition) is 3. The third-order valence-electron chi connectivity index (χ3n) is 5.50. The Kier molecular flexibility index (Phi) is 4.63. The van der Waals surface area contributed by atoms with Gasteiger partial charge in [-0.25, -0.2) is 0 Å². The van der Waals surface area contributed by atoms with Crippen molar-refractivity contribution in [1.82, 2.24) is 4.90 Å². The quantitative estimate of drug-likeness (QED) is 0.868. The molecule has 3 amide bonds. The van der Waals surface area contributed by atoms with E-state index in [1.807, 2.05) is 25.1 Å². The van der Waals surface area contributed by atoms with Crippen molar-refractivity contribution in [2.45, 2.75) is 38.3 Å². The lowest BCUT2D eigenvalue weighted by molar-refractivity contribution is -0.129. The second-order valence-electron chi connectivity index (χ2n) is 7.19. The molecule has 0 aromatic heterocycles. The maximum Gasteiger partial charge on any atom is 0.271 e. The van der Waals surface area contributed by atoms with E-state index in [0.717, 1.165) is 12.8 Å². The van der Waals surface area contributed by atoms with Gasteiger partial charge in [0.15, 0.2) is 0 Å². The average Bonchev–Trinajstić information content (AvgIpc) is 3.07. The van der Waals surface area contributed by atoms with E-state index in [-0.39, 0.29) is 30.6 Å². The molecule has 0 unspecified atom stereocenters. The van der Waals surface area contributed by atoms with E-state index in [4.69, 9.17) is 0 Å². The van der Waals surface area contributed by atoms with Gasteiger partial charge in [-0.2, -0.15) is 0 Å². The summed E-state index contributed by atoms with van der Waals surface area (Å²) in [5, 5.41) is 2.93. The molecule has 2 aliphatic rings. The average molecular weight is 377 g/mol. The molecule has 2 aliphatic heterocycles. The summed E-state index contributed by atoms with van der Waals surface area (Å²) in [7, 11) is 0. The predicted molar refractivity (Wildman–Crippen MR) is 107 cm³/mol. The van der Waals surface area contributed by atoms with Crippen LogP contribution in [0.4, 0.5) is 11.4 Å². The topological polar surface area (TPSA) is 69.7 Å². The summed E-state index contributed by atoms with van der Waals surface area (Å²) < 4.78 is 0. The molecule has 0 bridgehead atoms. The number of hydrogen-bond donors (Lipinski definition) is 1. The van der Waals surface area contributed by atoms with Gasteiger partial charge in [-0.05, 0) is 30.7 Å². The smallest absolute Gasteiger partial charge is 0.271 e. The molecule has 1 saturated heterocycles. The first-order chi connectivity index (χ1) is 13.6. The van der Waals surface area contributed by atoms with Crippen LogP contribution in [-0.4, -0.2) is 34.8 Å². The Morgan fingerprint density at radius 1 is 1.07 bits per heavy atom. The van der Waals surface area contributed by atoms with E-state index < -0.39 is 5.66 Å². The standard InChI is InChI=1S/C22H23N3O3/c1-2-3-15-24-20(27)17-11-7-8-12-18(17)25-19(26)13-14-22(24,25)21(28)23-16-9-5-4-6-10-16/h4-12H,2-3,13-15H2,1H3,(H,23,28)/t22-/m1/s1. The molecule has 6 heteroatoms. The molecule has 1 fully saturated rings. The van der Waals surface area contributed by atoms with Crippen LogP contribution in [0.15, 0.2) is 54.6 Å². The van der Waals surface area contributed by atoms with Crippen molar-refractivity contribution >= 4 is 29.1 Å². The number of rotatable bonds is 5. The lowest BCUT2D eigenvalue weighted by Gasteiger charge is -2.49. The van der Waals surface area contributed by atoms with Crippen molar-refractivity contribution in [3.8, 4) is 0 Å². The van der Waals surface area contributed by atoms with Crippen LogP contribution in [-0.2, 0) is 9.59 Å². The molecule has 1 N–H and O–H groups in total. The summed E-state index contributed by atoms with van der Waals surface area (Å²) >= 11 is 0. The molecule has 6 nitrogen and oxygen atoms in total. The van der Waals surface area contributed by atoms with Crippen LogP contribution in [0, 0.1) is 0 Å². The third kappa shape index (κ3) is 2.68. The molecular weight excluding hydrogens is 354 g/mol. The van der Waals surface area contributed by atoms with E-state index in [2.05, 4.69) is 5.32 Å². The number of carbonyl (C=O) groups excluding carboxylic acids is 3. The zero-order chi connectivity index (χ0) is 19.7. The molecule has 0 aliphatic carbocycles. The summed E-state index contributed by atoms with van der Waals surface area (Å²) in [6, 6.07) is 16.2. The highest BCUT2D eigenvalue weighted by molar-refractivity contribution is 6.18. The van der Waals surface area contributed by atoms with Gasteiger partial charge in [0.2, 0.25) is 11.6 Å². The van der Waals surface area contributed by atoms with Crippen LogP contribution in [0.3, 0.4) is 0 Å². The van der Waals surface area contributed by atoms with Crippen molar-refractivity contribution in [1.29, 1.82) is 0 Å². The Morgan fingerprint density at radius 2 is 1.79 bits per heavy atom. The van der Waals surface area contributed by atoms with Crippen LogP contribution < -0.4 is 10.2 Å². The summed E-state index contributed by atoms with van der Waals surface area (Å²) in [4.78, 5) is 42.9. The van der Waals surface area contributed by atoms with E-state index in [1.54, 1.807) is 41.3 Å². The lowest BCUT2D eigenvalue weighted by Crippen LogP contribution is -2.69. The molecule has 28 heavy (non-hydrogen) atoms. The molecule has 2 aromatic carbocycles. The van der Waals surface area contributed by atoms with Crippen LogP contribution in [0.5, 0.6) is 0 Å². The summed E-state index contributed by atoms with van der Waals surface area (Å²) in [5.74, 6) is -0.675. The Hall–Kier alpha value is -3.15. The molecule has 0 saturated carbocycles. The Morgan fingerprint density at radius 3 is 2.54 bits per heavy atom. The first-order valence-corrected chi connectivity index (χ1v) is 9.70. The van der Waals surface area contributed by atoms with Crippen LogP contribution in [0.25, 0.3) is 0 Å². The fourth-order valence-electron chi connectivity index (χ4n) is 4.16. The number of nitrogens with zero attached hydrogens (tertiary/aromatic N) is 2. The van der Waals surface area contributed by atoms with Crippen LogP contribution >= 0.6 is 0 Å². The van der Waals surface area contributed by atoms with Crippen LogP contribution in [0.2, 0.25) is 0 Å².